The molecule has 1 unspecified atom stereocenters. The fourth-order valence-electron chi connectivity index (χ4n) is 4.24. The first kappa shape index (κ1) is 22.7. The predicted molar refractivity (Wildman–Crippen MR) is 124 cm³/mol. The average Bonchev–Trinajstić information content (AvgIpc) is 3.25. The fourth-order valence-corrected chi connectivity index (χ4v) is 4.24. The first-order valence-corrected chi connectivity index (χ1v) is 11.3. The van der Waals surface area contributed by atoms with E-state index in [2.05, 4.69) is 5.10 Å². The molecule has 2 aromatic carbocycles. The molecular weight excluding hydrogens is 421 g/mol. The van der Waals surface area contributed by atoms with E-state index in [4.69, 9.17) is 4.74 Å². The second-order valence-corrected chi connectivity index (χ2v) is 8.44. The van der Waals surface area contributed by atoms with Crippen molar-refractivity contribution < 1.29 is 18.7 Å². The largest absolute Gasteiger partial charge is 0.466 e. The molecule has 6 nitrogen and oxygen atoms in total. The van der Waals surface area contributed by atoms with Crippen molar-refractivity contribution in [2.45, 2.75) is 33.6 Å². The number of likely N-dealkylation sites (tertiary alicyclic amines) is 1. The van der Waals surface area contributed by atoms with Gasteiger partial charge in [-0.2, -0.15) is 5.10 Å². The molecule has 172 valence electrons. The monoisotopic (exact) mass is 449 g/mol. The van der Waals surface area contributed by atoms with Gasteiger partial charge in [-0.25, -0.2) is 9.07 Å². The summed E-state index contributed by atoms with van der Waals surface area (Å²) >= 11 is 0. The maximum absolute atomic E-state index is 14.5. The van der Waals surface area contributed by atoms with Crippen LogP contribution in [0.2, 0.25) is 0 Å². The predicted octanol–water partition coefficient (Wildman–Crippen LogP) is 4.71. The maximum Gasteiger partial charge on any atom is 0.310 e. The molecule has 1 aliphatic rings. The zero-order valence-electron chi connectivity index (χ0n) is 19.2. The number of aromatic nitrogens is 2. The molecule has 4 rings (SSSR count). The topological polar surface area (TPSA) is 64.4 Å². The van der Waals surface area contributed by atoms with E-state index in [1.807, 2.05) is 32.0 Å². The molecule has 7 heteroatoms. The number of piperidine rings is 1. The van der Waals surface area contributed by atoms with E-state index in [1.54, 1.807) is 40.8 Å². The third-order valence-corrected chi connectivity index (χ3v) is 6.00. The number of esters is 1. The van der Waals surface area contributed by atoms with E-state index >= 15 is 0 Å². The van der Waals surface area contributed by atoms with Gasteiger partial charge < -0.3 is 9.64 Å². The molecular formula is C26H28FN3O3. The van der Waals surface area contributed by atoms with Crippen LogP contribution in [0.15, 0.2) is 48.5 Å². The Bertz CT molecular complexity index is 1190. The van der Waals surface area contributed by atoms with E-state index in [0.29, 0.717) is 49.5 Å². The van der Waals surface area contributed by atoms with Crippen molar-refractivity contribution in [2.75, 3.05) is 19.7 Å². The molecule has 1 aliphatic heterocycles. The molecule has 0 saturated carbocycles. The summed E-state index contributed by atoms with van der Waals surface area (Å²) in [5, 5.41) is 4.65. The van der Waals surface area contributed by atoms with Crippen molar-refractivity contribution in [2.24, 2.45) is 5.92 Å². The second kappa shape index (κ2) is 9.57. The van der Waals surface area contributed by atoms with Crippen LogP contribution in [0.4, 0.5) is 4.39 Å². The molecule has 1 aromatic heterocycles. The Morgan fingerprint density at radius 1 is 1.15 bits per heavy atom. The van der Waals surface area contributed by atoms with E-state index in [1.165, 1.54) is 6.07 Å². The lowest BCUT2D eigenvalue weighted by Gasteiger charge is -2.31. The first-order chi connectivity index (χ1) is 15.9. The Balaban J connectivity index is 1.76. The number of ether oxygens (including phenoxy) is 1. The minimum Gasteiger partial charge on any atom is -0.466 e. The fraction of sp³-hybridized carbons (Fsp3) is 0.346. The van der Waals surface area contributed by atoms with Gasteiger partial charge in [0, 0.05) is 18.7 Å². The number of carbonyl (C=O) groups excluding carboxylic acids is 2. The summed E-state index contributed by atoms with van der Waals surface area (Å²) in [7, 11) is 0. The van der Waals surface area contributed by atoms with Gasteiger partial charge in [-0.05, 0) is 69.0 Å². The van der Waals surface area contributed by atoms with Gasteiger partial charge in [-0.1, -0.05) is 24.3 Å². The normalized spacial score (nSPS) is 16.0. The number of rotatable bonds is 5. The molecule has 3 aromatic rings. The molecule has 0 aliphatic carbocycles. The highest BCUT2D eigenvalue weighted by atomic mass is 19.1. The highest BCUT2D eigenvalue weighted by Gasteiger charge is 2.32. The lowest BCUT2D eigenvalue weighted by Crippen LogP contribution is -2.43. The summed E-state index contributed by atoms with van der Waals surface area (Å²) in [5.74, 6) is -1.25. The number of amides is 1. The van der Waals surface area contributed by atoms with Gasteiger partial charge in [0.15, 0.2) is 0 Å². The van der Waals surface area contributed by atoms with Gasteiger partial charge in [-0.3, -0.25) is 9.59 Å². The van der Waals surface area contributed by atoms with E-state index in [9.17, 15) is 14.0 Å². The van der Waals surface area contributed by atoms with Crippen LogP contribution in [0.3, 0.4) is 0 Å². The van der Waals surface area contributed by atoms with E-state index < -0.39 is 5.82 Å². The van der Waals surface area contributed by atoms with Gasteiger partial charge in [0.1, 0.15) is 11.5 Å². The number of hydrogen-bond acceptors (Lipinski definition) is 4. The minimum absolute atomic E-state index is 0.236. The Kier molecular flexibility index (Phi) is 6.58. The standard InChI is InChI=1S/C26H28FN3O3/c1-4-33-26(32)19-8-7-13-29(16-19)25(31)24-15-22(20-9-5-6-10-21(20)27)28-30(24)23-14-17(2)11-12-18(23)3/h5-6,9-12,14-15,19H,4,7-8,13,16H2,1-3H3. The van der Waals surface area contributed by atoms with E-state index in [0.717, 1.165) is 16.8 Å². The van der Waals surface area contributed by atoms with Crippen LogP contribution in [0.25, 0.3) is 16.9 Å². The summed E-state index contributed by atoms with van der Waals surface area (Å²) in [6, 6.07) is 14.0. The Hall–Kier alpha value is -3.48. The molecule has 1 fully saturated rings. The molecule has 2 heterocycles. The molecule has 0 N–H and O–H groups in total. The molecule has 0 bridgehead atoms. The van der Waals surface area contributed by atoms with Crippen LogP contribution in [-0.4, -0.2) is 46.3 Å². The lowest BCUT2D eigenvalue weighted by atomic mass is 9.98. The quantitative estimate of drug-likeness (QED) is 0.529. The average molecular weight is 450 g/mol. The van der Waals surface area contributed by atoms with Crippen molar-refractivity contribution in [1.29, 1.82) is 0 Å². The zero-order valence-corrected chi connectivity index (χ0v) is 19.2. The summed E-state index contributed by atoms with van der Waals surface area (Å²) in [6.07, 6.45) is 1.41. The van der Waals surface area contributed by atoms with Crippen LogP contribution in [0, 0.1) is 25.6 Å². The van der Waals surface area contributed by atoms with Gasteiger partial charge in [0.25, 0.3) is 5.91 Å². The second-order valence-electron chi connectivity index (χ2n) is 8.44. The summed E-state index contributed by atoms with van der Waals surface area (Å²) in [6.45, 7) is 6.85. The number of hydrogen-bond donors (Lipinski definition) is 0. The van der Waals surface area contributed by atoms with Crippen LogP contribution >= 0.6 is 0 Å². The molecule has 1 atom stereocenters. The van der Waals surface area contributed by atoms with Crippen LogP contribution < -0.4 is 0 Å². The van der Waals surface area contributed by atoms with Crippen molar-refractivity contribution in [3.8, 4) is 16.9 Å². The summed E-state index contributed by atoms with van der Waals surface area (Å²) in [4.78, 5) is 27.6. The smallest absolute Gasteiger partial charge is 0.310 e. The Morgan fingerprint density at radius 3 is 2.70 bits per heavy atom. The van der Waals surface area contributed by atoms with Crippen molar-refractivity contribution in [3.63, 3.8) is 0 Å². The molecule has 33 heavy (non-hydrogen) atoms. The SMILES string of the molecule is CCOC(=O)C1CCCN(C(=O)c2cc(-c3ccccc3F)nn2-c2cc(C)ccc2C)C1. The van der Waals surface area contributed by atoms with Gasteiger partial charge in [0.05, 0.1) is 23.9 Å². The Morgan fingerprint density at radius 2 is 1.94 bits per heavy atom. The molecule has 0 spiro atoms. The van der Waals surface area contributed by atoms with Crippen molar-refractivity contribution in [3.05, 3.63) is 71.2 Å². The number of aryl methyl sites for hydroxylation is 2. The summed E-state index contributed by atoms with van der Waals surface area (Å²) < 4.78 is 21.3. The van der Waals surface area contributed by atoms with Crippen LogP contribution in [-0.2, 0) is 9.53 Å². The number of nitrogens with zero attached hydrogens (tertiary/aromatic N) is 3. The highest BCUT2D eigenvalue weighted by molar-refractivity contribution is 5.95. The number of benzene rings is 2. The first-order valence-electron chi connectivity index (χ1n) is 11.3. The number of halogens is 1. The van der Waals surface area contributed by atoms with Gasteiger partial charge >= 0.3 is 5.97 Å². The molecule has 0 radical (unpaired) electrons. The van der Waals surface area contributed by atoms with Gasteiger partial charge in [0.2, 0.25) is 0 Å². The lowest BCUT2D eigenvalue weighted by molar-refractivity contribution is -0.149. The van der Waals surface area contributed by atoms with Crippen molar-refractivity contribution >= 4 is 11.9 Å². The molecule has 1 amide bonds. The molecule has 1 saturated heterocycles. The maximum atomic E-state index is 14.5. The van der Waals surface area contributed by atoms with Gasteiger partial charge in [-0.15, -0.1) is 0 Å². The third kappa shape index (κ3) is 4.67. The Labute approximate surface area is 193 Å². The summed E-state index contributed by atoms with van der Waals surface area (Å²) in [5.41, 5.74) is 3.79. The van der Waals surface area contributed by atoms with Crippen molar-refractivity contribution in [1.82, 2.24) is 14.7 Å². The minimum atomic E-state index is -0.400. The third-order valence-electron chi connectivity index (χ3n) is 6.00. The number of carbonyl (C=O) groups is 2. The highest BCUT2D eigenvalue weighted by Crippen LogP contribution is 2.28. The van der Waals surface area contributed by atoms with Crippen LogP contribution in [0.1, 0.15) is 41.4 Å². The van der Waals surface area contributed by atoms with E-state index in [-0.39, 0.29) is 17.8 Å². The zero-order chi connectivity index (χ0) is 23.5. The van der Waals surface area contributed by atoms with Crippen LogP contribution in [0.5, 0.6) is 0 Å².